The van der Waals surface area contributed by atoms with Gasteiger partial charge in [-0.15, -0.1) is 0 Å². The average Bonchev–Trinajstić information content (AvgIpc) is 3.65. The third-order valence-corrected chi connectivity index (χ3v) is 8.52. The van der Waals surface area contributed by atoms with Crippen LogP contribution >= 0.6 is 11.8 Å². The third kappa shape index (κ3) is 6.75. The average molecular weight is 611 g/mol. The zero-order valence-corrected chi connectivity index (χ0v) is 25.0. The molecule has 224 valence electrons. The summed E-state index contributed by atoms with van der Waals surface area (Å²) in [5, 5.41) is 5.55. The fraction of sp³-hybridized carbons (Fsp3) is 0.235. The van der Waals surface area contributed by atoms with Crippen molar-refractivity contribution in [1.29, 1.82) is 0 Å². The van der Waals surface area contributed by atoms with Gasteiger partial charge in [0.25, 0.3) is 5.91 Å². The van der Waals surface area contributed by atoms with Crippen LogP contribution in [0.25, 0.3) is 23.0 Å². The van der Waals surface area contributed by atoms with Gasteiger partial charge in [-0.25, -0.2) is 9.07 Å². The molecule has 0 radical (unpaired) electrons. The number of aliphatic imine (C=N–C) groups is 1. The summed E-state index contributed by atoms with van der Waals surface area (Å²) < 4.78 is 26.3. The van der Waals surface area contributed by atoms with E-state index in [0.29, 0.717) is 60.7 Å². The molecule has 2 aliphatic heterocycles. The molecule has 0 N–H and O–H groups in total. The maximum absolute atomic E-state index is 13.3. The lowest BCUT2D eigenvalue weighted by Crippen LogP contribution is -2.39. The lowest BCUT2D eigenvalue weighted by molar-refractivity contribution is -0.149. The molecular formula is C34H31FN4O4S. The van der Waals surface area contributed by atoms with Crippen LogP contribution in [0.2, 0.25) is 0 Å². The zero-order chi connectivity index (χ0) is 30.5. The van der Waals surface area contributed by atoms with Gasteiger partial charge in [0.2, 0.25) is 0 Å². The van der Waals surface area contributed by atoms with E-state index < -0.39 is 0 Å². The van der Waals surface area contributed by atoms with Gasteiger partial charge in [0.05, 0.1) is 23.1 Å². The highest BCUT2D eigenvalue weighted by Crippen LogP contribution is 2.35. The molecule has 0 bridgehead atoms. The van der Waals surface area contributed by atoms with Gasteiger partial charge in [0.15, 0.2) is 5.17 Å². The number of likely N-dealkylation sites (tertiary alicyclic amines) is 1. The third-order valence-electron chi connectivity index (χ3n) is 7.47. The minimum atomic E-state index is -0.299. The Bertz CT molecular complexity index is 1710. The van der Waals surface area contributed by atoms with Crippen LogP contribution in [0.4, 0.5) is 4.39 Å². The van der Waals surface area contributed by atoms with Crippen molar-refractivity contribution in [1.82, 2.24) is 14.7 Å². The first kappa shape index (κ1) is 29.4. The molecule has 0 unspecified atom stereocenters. The highest BCUT2D eigenvalue weighted by Gasteiger charge is 2.32. The second-order valence-corrected chi connectivity index (χ2v) is 11.5. The number of esters is 1. The molecule has 6 rings (SSSR count). The SMILES string of the molecule is CCOC(=O)C1CCN(C2=NC(=O)/C(=C/c3cn(-c4ccccc4)nc3-c3cccc(OCc4ccc(F)cc4)c3)S2)CC1. The van der Waals surface area contributed by atoms with Crippen molar-refractivity contribution in [2.75, 3.05) is 19.7 Å². The molecule has 4 aromatic rings. The summed E-state index contributed by atoms with van der Waals surface area (Å²) in [6.45, 7) is 3.75. The molecular weight excluding hydrogens is 579 g/mol. The highest BCUT2D eigenvalue weighted by molar-refractivity contribution is 8.18. The number of hydrogen-bond donors (Lipinski definition) is 0. The first-order valence-electron chi connectivity index (χ1n) is 14.5. The monoisotopic (exact) mass is 610 g/mol. The first-order valence-corrected chi connectivity index (χ1v) is 15.4. The number of nitrogens with zero attached hydrogens (tertiary/aromatic N) is 4. The summed E-state index contributed by atoms with van der Waals surface area (Å²) in [5.74, 6) is -0.222. The molecule has 0 saturated carbocycles. The number of amidine groups is 1. The fourth-order valence-electron chi connectivity index (χ4n) is 5.15. The van der Waals surface area contributed by atoms with Crippen LogP contribution in [0.3, 0.4) is 0 Å². The number of para-hydroxylation sites is 1. The maximum Gasteiger partial charge on any atom is 0.309 e. The van der Waals surface area contributed by atoms with Crippen molar-refractivity contribution >= 4 is 34.9 Å². The Morgan fingerprint density at radius 2 is 1.82 bits per heavy atom. The lowest BCUT2D eigenvalue weighted by atomic mass is 9.97. The summed E-state index contributed by atoms with van der Waals surface area (Å²) >= 11 is 1.34. The summed E-state index contributed by atoms with van der Waals surface area (Å²) in [6, 6.07) is 23.6. The fourth-order valence-corrected chi connectivity index (χ4v) is 6.11. The Labute approximate surface area is 259 Å². The largest absolute Gasteiger partial charge is 0.489 e. The molecule has 0 aliphatic carbocycles. The molecule has 1 aromatic heterocycles. The number of hydrogen-bond acceptors (Lipinski definition) is 7. The van der Waals surface area contributed by atoms with Crippen LogP contribution < -0.4 is 4.74 Å². The predicted molar refractivity (Wildman–Crippen MR) is 169 cm³/mol. The highest BCUT2D eigenvalue weighted by atomic mass is 32.2. The lowest BCUT2D eigenvalue weighted by Gasteiger charge is -2.31. The van der Waals surface area contributed by atoms with Crippen molar-refractivity contribution in [2.45, 2.75) is 26.4 Å². The molecule has 3 aromatic carbocycles. The number of piperidine rings is 1. The normalized spacial score (nSPS) is 16.3. The van der Waals surface area contributed by atoms with Crippen molar-refractivity contribution in [2.24, 2.45) is 10.9 Å². The maximum atomic E-state index is 13.3. The summed E-state index contributed by atoms with van der Waals surface area (Å²) in [5.41, 5.74) is 4.01. The molecule has 44 heavy (non-hydrogen) atoms. The summed E-state index contributed by atoms with van der Waals surface area (Å²) in [6.07, 6.45) is 5.07. The van der Waals surface area contributed by atoms with Gasteiger partial charge in [-0.05, 0) is 79.6 Å². The van der Waals surface area contributed by atoms with E-state index in [-0.39, 0.29) is 23.6 Å². The van der Waals surface area contributed by atoms with Crippen molar-refractivity contribution in [3.05, 3.63) is 107 Å². The van der Waals surface area contributed by atoms with E-state index in [2.05, 4.69) is 9.89 Å². The molecule has 0 spiro atoms. The Hall–Kier alpha value is -4.70. The molecule has 0 atom stereocenters. The smallest absolute Gasteiger partial charge is 0.309 e. The second kappa shape index (κ2) is 13.3. The van der Waals surface area contributed by atoms with Gasteiger partial charge < -0.3 is 14.4 Å². The quantitative estimate of drug-likeness (QED) is 0.166. The standard InChI is InChI=1S/C34H31FN4O4S/c1-2-42-33(41)24-15-17-38(18-16-24)34-36-32(40)30(44-34)20-26-21-39(28-8-4-3-5-9-28)37-31(26)25-7-6-10-29(19-25)43-22-23-11-13-27(35)14-12-23/h3-14,19-21,24H,2,15-18,22H2,1H3/b30-20-. The topological polar surface area (TPSA) is 86.0 Å². The number of carbonyl (C=O) groups excluding carboxylic acids is 2. The molecule has 1 amide bonds. The van der Waals surface area contributed by atoms with E-state index in [4.69, 9.17) is 14.6 Å². The van der Waals surface area contributed by atoms with E-state index in [9.17, 15) is 14.0 Å². The van der Waals surface area contributed by atoms with Crippen LogP contribution in [-0.2, 0) is 20.9 Å². The second-order valence-electron chi connectivity index (χ2n) is 10.5. The number of carbonyl (C=O) groups is 2. The van der Waals surface area contributed by atoms with Crippen LogP contribution in [0.5, 0.6) is 5.75 Å². The van der Waals surface area contributed by atoms with E-state index >= 15 is 0 Å². The Morgan fingerprint density at radius 1 is 1.05 bits per heavy atom. The van der Waals surface area contributed by atoms with Gasteiger partial charge in [0, 0.05) is 30.4 Å². The number of halogens is 1. The van der Waals surface area contributed by atoms with Gasteiger partial charge in [-0.3, -0.25) is 9.59 Å². The van der Waals surface area contributed by atoms with Gasteiger partial charge in [-0.1, -0.05) is 42.5 Å². The summed E-state index contributed by atoms with van der Waals surface area (Å²) in [7, 11) is 0. The Morgan fingerprint density at radius 3 is 2.57 bits per heavy atom. The van der Waals surface area contributed by atoms with Crippen LogP contribution in [0, 0.1) is 11.7 Å². The number of rotatable bonds is 8. The molecule has 2 aliphatic rings. The molecule has 1 fully saturated rings. The summed E-state index contributed by atoms with van der Waals surface area (Å²) in [4.78, 5) is 32.1. The zero-order valence-electron chi connectivity index (χ0n) is 24.2. The van der Waals surface area contributed by atoms with Crippen LogP contribution in [0.1, 0.15) is 30.9 Å². The Balaban J connectivity index is 1.24. The van der Waals surface area contributed by atoms with Gasteiger partial charge in [0.1, 0.15) is 23.9 Å². The van der Waals surface area contributed by atoms with E-state index in [1.54, 1.807) is 16.8 Å². The minimum Gasteiger partial charge on any atom is -0.489 e. The number of ether oxygens (including phenoxy) is 2. The molecule has 3 heterocycles. The van der Waals surface area contributed by atoms with E-state index in [0.717, 1.165) is 22.4 Å². The molecule has 10 heteroatoms. The number of aromatic nitrogens is 2. The Kier molecular flexibility index (Phi) is 8.88. The van der Waals surface area contributed by atoms with Crippen molar-refractivity contribution < 1.29 is 23.5 Å². The predicted octanol–water partition coefficient (Wildman–Crippen LogP) is 6.50. The van der Waals surface area contributed by atoms with Crippen LogP contribution in [0.15, 0.2) is 95.0 Å². The molecule has 1 saturated heterocycles. The van der Waals surface area contributed by atoms with Gasteiger partial charge >= 0.3 is 5.97 Å². The van der Waals surface area contributed by atoms with E-state index in [1.165, 1.54) is 23.9 Å². The number of benzene rings is 3. The van der Waals surface area contributed by atoms with Crippen molar-refractivity contribution in [3.63, 3.8) is 0 Å². The van der Waals surface area contributed by atoms with Crippen molar-refractivity contribution in [3.8, 4) is 22.7 Å². The van der Waals surface area contributed by atoms with Gasteiger partial charge in [-0.2, -0.15) is 10.1 Å². The number of amides is 1. The molecule has 8 nitrogen and oxygen atoms in total. The number of thioether (sulfide) groups is 1. The van der Waals surface area contributed by atoms with E-state index in [1.807, 2.05) is 73.8 Å². The first-order chi connectivity index (χ1) is 21.5. The minimum absolute atomic E-state index is 0.120. The van der Waals surface area contributed by atoms with Crippen LogP contribution in [-0.4, -0.2) is 51.4 Å².